The van der Waals surface area contributed by atoms with E-state index in [0.29, 0.717) is 22.7 Å². The van der Waals surface area contributed by atoms with Gasteiger partial charge in [-0.2, -0.15) is 11.8 Å². The molecule has 6 heteroatoms. The van der Waals surface area contributed by atoms with Crippen LogP contribution in [0.2, 0.25) is 0 Å². The molecule has 4 nitrogen and oxygen atoms in total. The van der Waals surface area contributed by atoms with Crippen LogP contribution in [0.1, 0.15) is 36.9 Å². The Hall–Kier alpha value is -0.880. The highest BCUT2D eigenvalue weighted by molar-refractivity contribution is 8.00. The van der Waals surface area contributed by atoms with Crippen LogP contribution in [0.15, 0.2) is 0 Å². The minimum absolute atomic E-state index is 0.0858. The van der Waals surface area contributed by atoms with Gasteiger partial charge in [-0.25, -0.2) is 0 Å². The Morgan fingerprint density at radius 2 is 2.20 bits per heavy atom. The minimum Gasteiger partial charge on any atom is -0.492 e. The highest BCUT2D eigenvalue weighted by Gasteiger charge is 2.31. The van der Waals surface area contributed by atoms with Crippen molar-refractivity contribution in [3.05, 3.63) is 4.88 Å². The molecule has 0 radical (unpaired) electrons. The summed E-state index contributed by atoms with van der Waals surface area (Å²) in [5.41, 5.74) is 6.59. The van der Waals surface area contributed by atoms with Gasteiger partial charge < -0.3 is 15.4 Å². The molecule has 0 atom stereocenters. The zero-order valence-corrected chi connectivity index (χ0v) is 14.1. The van der Waals surface area contributed by atoms with Crippen LogP contribution < -0.4 is 15.4 Å². The van der Waals surface area contributed by atoms with Gasteiger partial charge in [-0.1, -0.05) is 6.92 Å². The van der Waals surface area contributed by atoms with Crippen molar-refractivity contribution in [3.63, 3.8) is 0 Å². The number of rotatable bonds is 4. The molecule has 0 aromatic carbocycles. The van der Waals surface area contributed by atoms with E-state index in [-0.39, 0.29) is 10.5 Å². The average Bonchev–Trinajstić information content (AvgIpc) is 2.73. The van der Waals surface area contributed by atoms with Crippen molar-refractivity contribution in [2.45, 2.75) is 31.9 Å². The molecule has 0 spiro atoms. The van der Waals surface area contributed by atoms with Gasteiger partial charge in [0.15, 0.2) is 11.5 Å². The summed E-state index contributed by atoms with van der Waals surface area (Å²) in [5.74, 6) is 1.82. The Morgan fingerprint density at radius 3 is 2.75 bits per heavy atom. The number of Topliss-reactive ketones (excluding diaryl/α,β-unsaturated/α-hetero) is 1. The summed E-state index contributed by atoms with van der Waals surface area (Å²) in [6.45, 7) is 8.24. The summed E-state index contributed by atoms with van der Waals surface area (Å²) >= 11 is 3.45. The first-order chi connectivity index (χ1) is 9.39. The summed E-state index contributed by atoms with van der Waals surface area (Å²) in [4.78, 5) is 14.9. The third-order valence-electron chi connectivity index (χ3n) is 3.37. The minimum atomic E-state index is 0.0858. The fourth-order valence-electron chi connectivity index (χ4n) is 2.38. The van der Waals surface area contributed by atoms with Gasteiger partial charge in [0.05, 0.1) is 17.7 Å². The first-order valence-corrected chi connectivity index (χ1v) is 8.58. The molecule has 1 aromatic rings. The number of thiophene rings is 1. The van der Waals surface area contributed by atoms with Crippen LogP contribution in [0.25, 0.3) is 0 Å². The molecule has 1 fully saturated rings. The van der Waals surface area contributed by atoms with Gasteiger partial charge in [-0.15, -0.1) is 11.3 Å². The van der Waals surface area contributed by atoms with Gasteiger partial charge in [-0.05, 0) is 13.8 Å². The van der Waals surface area contributed by atoms with Crippen LogP contribution in [-0.4, -0.2) is 36.5 Å². The van der Waals surface area contributed by atoms with Crippen molar-refractivity contribution >= 4 is 39.6 Å². The summed E-state index contributed by atoms with van der Waals surface area (Å²) in [6, 6.07) is 0. The number of hydrogen-bond acceptors (Lipinski definition) is 6. The van der Waals surface area contributed by atoms with Crippen molar-refractivity contribution in [2.75, 3.05) is 36.6 Å². The molecule has 0 bridgehead atoms. The van der Waals surface area contributed by atoms with E-state index < -0.39 is 0 Å². The molecule has 0 amide bonds. The van der Waals surface area contributed by atoms with E-state index >= 15 is 0 Å². The summed E-state index contributed by atoms with van der Waals surface area (Å²) < 4.78 is 5.66. The van der Waals surface area contributed by atoms with E-state index in [2.05, 4.69) is 18.7 Å². The predicted molar refractivity (Wildman–Crippen MR) is 88.7 cm³/mol. The first-order valence-electron chi connectivity index (χ1n) is 6.78. The molecule has 2 heterocycles. The Kier molecular flexibility index (Phi) is 4.54. The van der Waals surface area contributed by atoms with E-state index in [9.17, 15) is 4.79 Å². The average molecular weight is 314 g/mol. The van der Waals surface area contributed by atoms with Gasteiger partial charge in [0.25, 0.3) is 0 Å². The number of methoxy groups -OCH3 is 1. The largest absolute Gasteiger partial charge is 0.492 e. The number of ether oxygens (including phenoxy) is 1. The van der Waals surface area contributed by atoms with Crippen LogP contribution in [0.3, 0.4) is 0 Å². The smallest absolute Gasteiger partial charge is 0.177 e. The zero-order valence-electron chi connectivity index (χ0n) is 12.5. The first kappa shape index (κ1) is 15.5. The van der Waals surface area contributed by atoms with Gasteiger partial charge >= 0.3 is 0 Å². The summed E-state index contributed by atoms with van der Waals surface area (Å²) in [7, 11) is 1.62. The van der Waals surface area contributed by atoms with E-state index in [0.717, 1.165) is 23.8 Å². The number of carbonyl (C=O) groups is 1. The van der Waals surface area contributed by atoms with Gasteiger partial charge in [0.1, 0.15) is 5.00 Å². The van der Waals surface area contributed by atoms with Crippen molar-refractivity contribution in [2.24, 2.45) is 0 Å². The molecule has 2 N–H and O–H groups in total. The predicted octanol–water partition coefficient (Wildman–Crippen LogP) is 3.26. The Labute approximate surface area is 128 Å². The SMILES string of the molecule is CCC(=O)c1sc(N2CCSC(C)(C)C2)c(OC)c1N. The molecule has 0 saturated carbocycles. The lowest BCUT2D eigenvalue weighted by Crippen LogP contribution is -2.42. The molecule has 0 aliphatic carbocycles. The van der Waals surface area contributed by atoms with E-state index in [1.165, 1.54) is 11.3 Å². The lowest BCUT2D eigenvalue weighted by atomic mass is 10.2. The number of nitrogen functional groups attached to an aromatic ring is 1. The molecule has 1 aromatic heterocycles. The second-order valence-electron chi connectivity index (χ2n) is 5.49. The molecule has 1 aliphatic heterocycles. The maximum absolute atomic E-state index is 12.0. The van der Waals surface area contributed by atoms with E-state index in [4.69, 9.17) is 10.5 Å². The molecule has 0 unspecified atom stereocenters. The third kappa shape index (κ3) is 2.91. The quantitative estimate of drug-likeness (QED) is 0.865. The molecule has 1 aliphatic rings. The van der Waals surface area contributed by atoms with Crippen molar-refractivity contribution in [1.82, 2.24) is 0 Å². The Bertz CT molecular complexity index is 512. The number of anilines is 2. The topological polar surface area (TPSA) is 55.6 Å². The highest BCUT2D eigenvalue weighted by Crippen LogP contribution is 2.47. The maximum Gasteiger partial charge on any atom is 0.177 e. The number of ketones is 1. The van der Waals surface area contributed by atoms with E-state index in [1.807, 2.05) is 18.7 Å². The highest BCUT2D eigenvalue weighted by atomic mass is 32.2. The number of hydrogen-bond donors (Lipinski definition) is 1. The molecular formula is C14H22N2O2S2. The third-order valence-corrected chi connectivity index (χ3v) is 5.96. The molecular weight excluding hydrogens is 292 g/mol. The fraction of sp³-hybridized carbons (Fsp3) is 0.643. The van der Waals surface area contributed by atoms with Crippen LogP contribution in [-0.2, 0) is 0 Å². The second kappa shape index (κ2) is 5.85. The molecule has 20 heavy (non-hydrogen) atoms. The van der Waals surface area contributed by atoms with Crippen LogP contribution in [0.5, 0.6) is 5.75 Å². The number of thioether (sulfide) groups is 1. The van der Waals surface area contributed by atoms with Crippen molar-refractivity contribution in [1.29, 1.82) is 0 Å². The maximum atomic E-state index is 12.0. The summed E-state index contributed by atoms with van der Waals surface area (Å²) in [5, 5.41) is 0.996. The van der Waals surface area contributed by atoms with Crippen molar-refractivity contribution in [3.8, 4) is 5.75 Å². The monoisotopic (exact) mass is 314 g/mol. The van der Waals surface area contributed by atoms with Crippen LogP contribution in [0, 0.1) is 0 Å². The Balaban J connectivity index is 2.38. The molecule has 2 rings (SSSR count). The zero-order chi connectivity index (χ0) is 14.9. The Morgan fingerprint density at radius 1 is 1.50 bits per heavy atom. The van der Waals surface area contributed by atoms with Crippen LogP contribution in [0.4, 0.5) is 10.7 Å². The van der Waals surface area contributed by atoms with Crippen molar-refractivity contribution < 1.29 is 9.53 Å². The van der Waals surface area contributed by atoms with Gasteiger partial charge in [0, 0.05) is 30.0 Å². The number of nitrogens with zero attached hydrogens (tertiary/aromatic N) is 1. The fourth-order valence-corrected chi connectivity index (χ4v) is 4.72. The summed E-state index contributed by atoms with van der Waals surface area (Å²) in [6.07, 6.45) is 0.467. The van der Waals surface area contributed by atoms with Crippen LogP contribution >= 0.6 is 23.1 Å². The molecule has 112 valence electrons. The number of nitrogens with two attached hydrogens (primary N) is 1. The standard InChI is InChI=1S/C14H22N2O2S2/c1-5-9(17)12-10(15)11(18-4)13(20-12)16-6-7-19-14(2,3)8-16/h5-8,15H2,1-4H3. The second-order valence-corrected chi connectivity index (χ2v) is 8.29. The lowest BCUT2D eigenvalue weighted by Gasteiger charge is -2.38. The van der Waals surface area contributed by atoms with Gasteiger partial charge in [0.2, 0.25) is 0 Å². The normalized spacial score (nSPS) is 18.1. The lowest BCUT2D eigenvalue weighted by molar-refractivity contribution is 0.0992. The van der Waals surface area contributed by atoms with E-state index in [1.54, 1.807) is 7.11 Å². The molecule has 1 saturated heterocycles. The number of carbonyl (C=O) groups excluding carboxylic acids is 1. The van der Waals surface area contributed by atoms with Gasteiger partial charge in [-0.3, -0.25) is 4.79 Å².